The van der Waals surface area contributed by atoms with E-state index in [-0.39, 0.29) is 37.9 Å². The molecule has 216 valence electrons. The molecule has 0 spiro atoms. The Morgan fingerprint density at radius 3 is 1.07 bits per heavy atom. The fraction of sp³-hybridized carbons (Fsp3) is 0.172. The Labute approximate surface area is 238 Å². The second kappa shape index (κ2) is 12.6. The van der Waals surface area contributed by atoms with Crippen LogP contribution in [0.2, 0.25) is 0 Å². The molecule has 0 aromatic heterocycles. The van der Waals surface area contributed by atoms with Gasteiger partial charge in [0.05, 0.1) is 19.6 Å². The van der Waals surface area contributed by atoms with Crippen LogP contribution in [-0.4, -0.2) is 46.4 Å². The van der Waals surface area contributed by atoms with E-state index in [2.05, 4.69) is 0 Å². The van der Waals surface area contributed by atoms with Gasteiger partial charge in [-0.05, 0) is 111 Å². The molecule has 2 atom stereocenters. The monoisotopic (exact) mass is 600 g/mol. The predicted molar refractivity (Wildman–Crippen MR) is 147 cm³/mol. The van der Waals surface area contributed by atoms with Crippen molar-refractivity contribution in [2.75, 3.05) is 6.79 Å². The number of phenolic OH excluding ortho intramolecular Hbond substituents is 2. The van der Waals surface area contributed by atoms with Crippen LogP contribution >= 0.6 is 0 Å². The number of sulfone groups is 2. The molecule has 0 amide bonds. The van der Waals surface area contributed by atoms with E-state index < -0.39 is 32.3 Å². The molecular formula is C29H28O10S2. The zero-order valence-electron chi connectivity index (χ0n) is 22.1. The molecule has 4 rings (SSSR count). The molecule has 2 unspecified atom stereocenters. The van der Waals surface area contributed by atoms with E-state index in [0.29, 0.717) is 11.5 Å². The molecule has 0 aliphatic carbocycles. The van der Waals surface area contributed by atoms with Gasteiger partial charge in [-0.25, -0.2) is 16.8 Å². The zero-order valence-corrected chi connectivity index (χ0v) is 23.7. The van der Waals surface area contributed by atoms with Gasteiger partial charge in [-0.3, -0.25) is 0 Å². The Balaban J connectivity index is 1.24. The maximum absolute atomic E-state index is 12.7. The van der Waals surface area contributed by atoms with E-state index in [1.54, 1.807) is 13.8 Å². The second-order valence-corrected chi connectivity index (χ2v) is 12.7. The molecule has 0 aliphatic rings. The first-order valence-corrected chi connectivity index (χ1v) is 15.3. The second-order valence-electron chi connectivity index (χ2n) is 8.76. The lowest BCUT2D eigenvalue weighted by Crippen LogP contribution is -2.23. The normalized spacial score (nSPS) is 13.3. The molecule has 0 saturated carbocycles. The van der Waals surface area contributed by atoms with E-state index >= 15 is 0 Å². The Morgan fingerprint density at radius 1 is 0.512 bits per heavy atom. The highest BCUT2D eigenvalue weighted by Gasteiger charge is 2.19. The van der Waals surface area contributed by atoms with Crippen molar-refractivity contribution in [3.05, 3.63) is 97.1 Å². The van der Waals surface area contributed by atoms with Gasteiger partial charge in [0.25, 0.3) is 0 Å². The van der Waals surface area contributed by atoms with E-state index in [9.17, 15) is 27.0 Å². The summed E-state index contributed by atoms with van der Waals surface area (Å²) in [5, 5.41) is 18.8. The molecule has 0 radical (unpaired) electrons. The van der Waals surface area contributed by atoms with Crippen molar-refractivity contribution in [2.24, 2.45) is 0 Å². The first-order chi connectivity index (χ1) is 19.4. The van der Waals surface area contributed by atoms with Crippen LogP contribution in [0.3, 0.4) is 0 Å². The van der Waals surface area contributed by atoms with Gasteiger partial charge in [-0.15, -0.1) is 0 Å². The maximum atomic E-state index is 12.7. The summed E-state index contributed by atoms with van der Waals surface area (Å²) in [5.41, 5.74) is 0. The van der Waals surface area contributed by atoms with Crippen molar-refractivity contribution in [1.82, 2.24) is 0 Å². The number of hydrogen-bond acceptors (Lipinski definition) is 10. The Kier molecular flexibility index (Phi) is 9.18. The SMILES string of the molecule is CC(OCOC(C)Oc1ccc(S(=O)(=O)c2ccc(O)cc2)cc1)Oc1ccc(S(=O)(=O)c2ccc(O)cc2)cc1. The lowest BCUT2D eigenvalue weighted by Gasteiger charge is -2.19. The average molecular weight is 601 g/mol. The molecule has 0 bridgehead atoms. The summed E-state index contributed by atoms with van der Waals surface area (Å²) < 4.78 is 73.2. The summed E-state index contributed by atoms with van der Waals surface area (Å²) in [4.78, 5) is 0.266. The number of hydrogen-bond donors (Lipinski definition) is 2. The zero-order chi connectivity index (χ0) is 29.6. The topological polar surface area (TPSA) is 146 Å². The van der Waals surface area contributed by atoms with Crippen LogP contribution in [0.5, 0.6) is 23.0 Å². The van der Waals surface area contributed by atoms with Crippen LogP contribution in [0.1, 0.15) is 13.8 Å². The Hall–Kier alpha value is -4.10. The third-order valence-corrected chi connectivity index (χ3v) is 9.34. The minimum Gasteiger partial charge on any atom is -0.508 e. The van der Waals surface area contributed by atoms with Gasteiger partial charge >= 0.3 is 0 Å². The third kappa shape index (κ3) is 7.55. The fourth-order valence-electron chi connectivity index (χ4n) is 3.60. The molecule has 0 fully saturated rings. The molecule has 12 heteroatoms. The third-order valence-electron chi connectivity index (χ3n) is 5.77. The highest BCUT2D eigenvalue weighted by atomic mass is 32.2. The van der Waals surface area contributed by atoms with Crippen molar-refractivity contribution >= 4 is 19.7 Å². The highest BCUT2D eigenvalue weighted by molar-refractivity contribution is 7.91. The number of ether oxygens (including phenoxy) is 4. The van der Waals surface area contributed by atoms with E-state index in [0.717, 1.165) is 0 Å². The molecular weight excluding hydrogens is 572 g/mol. The molecule has 2 N–H and O–H groups in total. The van der Waals surface area contributed by atoms with Crippen molar-refractivity contribution in [3.8, 4) is 23.0 Å². The number of benzene rings is 4. The maximum Gasteiger partial charge on any atom is 0.206 e. The molecule has 4 aromatic carbocycles. The average Bonchev–Trinajstić information content (AvgIpc) is 2.94. The van der Waals surface area contributed by atoms with E-state index in [1.165, 1.54) is 97.1 Å². The smallest absolute Gasteiger partial charge is 0.206 e. The van der Waals surface area contributed by atoms with Gasteiger partial charge in [-0.2, -0.15) is 0 Å². The van der Waals surface area contributed by atoms with Crippen LogP contribution in [0.25, 0.3) is 0 Å². The van der Waals surface area contributed by atoms with Crippen LogP contribution in [0.4, 0.5) is 0 Å². The van der Waals surface area contributed by atoms with E-state index in [1.807, 2.05) is 0 Å². The number of rotatable bonds is 12. The summed E-state index contributed by atoms with van der Waals surface area (Å²) in [5.74, 6) is 0.713. The first kappa shape index (κ1) is 29.9. The Bertz CT molecular complexity index is 1520. The minimum absolute atomic E-state index is 0.0268. The predicted octanol–water partition coefficient (Wildman–Crippen LogP) is 4.90. The largest absolute Gasteiger partial charge is 0.508 e. The van der Waals surface area contributed by atoms with Crippen molar-refractivity contribution in [3.63, 3.8) is 0 Å². The summed E-state index contributed by atoms with van der Waals surface area (Å²) in [7, 11) is -7.49. The molecule has 10 nitrogen and oxygen atoms in total. The molecule has 0 saturated heterocycles. The van der Waals surface area contributed by atoms with Crippen molar-refractivity contribution < 1.29 is 46.0 Å². The van der Waals surface area contributed by atoms with Crippen LogP contribution in [-0.2, 0) is 29.1 Å². The fourth-order valence-corrected chi connectivity index (χ4v) is 6.12. The summed E-state index contributed by atoms with van der Waals surface area (Å²) in [6.45, 7) is 3.11. The van der Waals surface area contributed by atoms with Crippen molar-refractivity contribution in [1.29, 1.82) is 0 Å². The first-order valence-electron chi connectivity index (χ1n) is 12.3. The summed E-state index contributed by atoms with van der Waals surface area (Å²) >= 11 is 0. The van der Waals surface area contributed by atoms with Crippen molar-refractivity contribution in [2.45, 2.75) is 46.0 Å². The molecule has 0 aliphatic heterocycles. The van der Waals surface area contributed by atoms with Gasteiger partial charge in [0, 0.05) is 0 Å². The molecule has 4 aromatic rings. The van der Waals surface area contributed by atoms with Gasteiger partial charge in [0.15, 0.2) is 19.4 Å². The van der Waals surface area contributed by atoms with Crippen LogP contribution in [0, 0.1) is 0 Å². The van der Waals surface area contributed by atoms with Gasteiger partial charge < -0.3 is 29.2 Å². The summed E-state index contributed by atoms with van der Waals surface area (Å²) in [6.07, 6.45) is -1.46. The van der Waals surface area contributed by atoms with Gasteiger partial charge in [0.2, 0.25) is 19.7 Å². The number of phenols is 2. The highest BCUT2D eigenvalue weighted by Crippen LogP contribution is 2.26. The van der Waals surface area contributed by atoms with Gasteiger partial charge in [0.1, 0.15) is 23.0 Å². The Morgan fingerprint density at radius 2 is 0.780 bits per heavy atom. The molecule has 41 heavy (non-hydrogen) atoms. The number of aromatic hydroxyl groups is 2. The standard InChI is InChI=1S/C29H28O10S2/c1-20(38-24-7-15-28(16-8-24)40(32,33)26-11-3-22(30)4-12-26)36-19-37-21(2)39-25-9-17-29(18-10-25)41(34,35)27-13-5-23(31)6-14-27/h3-18,20-21,30-31H,19H2,1-2H3. The minimum atomic E-state index is -3.74. The van der Waals surface area contributed by atoms with Gasteiger partial charge in [-0.1, -0.05) is 0 Å². The van der Waals surface area contributed by atoms with Crippen LogP contribution < -0.4 is 9.47 Å². The quantitative estimate of drug-likeness (QED) is 0.215. The summed E-state index contributed by atoms with van der Waals surface area (Å²) in [6, 6.07) is 22.2. The lowest BCUT2D eigenvalue weighted by atomic mass is 10.3. The van der Waals surface area contributed by atoms with Crippen LogP contribution in [0.15, 0.2) is 117 Å². The molecule has 0 heterocycles. The lowest BCUT2D eigenvalue weighted by molar-refractivity contribution is -0.196. The van der Waals surface area contributed by atoms with E-state index in [4.69, 9.17) is 18.9 Å².